The summed E-state index contributed by atoms with van der Waals surface area (Å²) in [6.07, 6.45) is -0.394. The molecular weight excluding hydrogens is 716 g/mol. The van der Waals surface area contributed by atoms with Gasteiger partial charge in [0.05, 0.1) is 59.7 Å². The molecule has 1 radical (unpaired) electrons. The zero-order valence-corrected chi connectivity index (χ0v) is 29.1. The van der Waals surface area contributed by atoms with E-state index >= 15 is 0 Å². The van der Waals surface area contributed by atoms with E-state index in [-0.39, 0.29) is 67.5 Å². The Labute approximate surface area is 284 Å². The van der Waals surface area contributed by atoms with E-state index < -0.39 is 12.2 Å². The number of hydrogen-bond donors (Lipinski definition) is 3. The van der Waals surface area contributed by atoms with Crippen molar-refractivity contribution < 1.29 is 29.3 Å². The summed E-state index contributed by atoms with van der Waals surface area (Å²) in [5.41, 5.74) is 0.800. The van der Waals surface area contributed by atoms with Gasteiger partial charge in [-0.2, -0.15) is 0 Å². The summed E-state index contributed by atoms with van der Waals surface area (Å²) in [6.45, 7) is 6.04. The van der Waals surface area contributed by atoms with Crippen LogP contribution >= 0.6 is 51.9 Å². The van der Waals surface area contributed by atoms with Gasteiger partial charge in [0, 0.05) is 45.1 Å². The molecule has 0 saturated heterocycles. The quantitative estimate of drug-likeness (QED) is 0.245. The molecule has 4 aliphatic rings. The van der Waals surface area contributed by atoms with Crippen LogP contribution in [0, 0.1) is 0 Å². The second kappa shape index (κ2) is 16.0. The average Bonchev–Trinajstić information content (AvgIpc) is 3.51. The van der Waals surface area contributed by atoms with E-state index in [1.54, 1.807) is 18.9 Å². The molecule has 2 N–H and O–H groups in total. The first kappa shape index (κ1) is 37.1. The second-order valence-corrected chi connectivity index (χ2v) is 12.0. The summed E-state index contributed by atoms with van der Waals surface area (Å²) in [7, 11) is 7.10. The fourth-order valence-electron chi connectivity index (χ4n) is 6.20. The minimum atomic E-state index is -0.740. The van der Waals surface area contributed by atoms with E-state index in [0.717, 1.165) is 0 Å². The van der Waals surface area contributed by atoms with Crippen molar-refractivity contribution >= 4 is 71.4 Å². The summed E-state index contributed by atoms with van der Waals surface area (Å²) in [5.74, 6) is -0.307. The number of pyridine rings is 2. The van der Waals surface area contributed by atoms with Crippen LogP contribution in [0.5, 0.6) is 11.5 Å². The first-order valence-corrected chi connectivity index (χ1v) is 16.1. The Bertz CT molecular complexity index is 1580. The molecule has 13 nitrogen and oxygen atoms in total. The Morgan fingerprint density at radius 3 is 1.84 bits per heavy atom. The number of halogens is 3. The predicted octanol–water partition coefficient (Wildman–Crippen LogP) is 2.99. The van der Waals surface area contributed by atoms with Crippen LogP contribution in [0.2, 0.25) is 0 Å². The van der Waals surface area contributed by atoms with Gasteiger partial charge in [0.2, 0.25) is 10.9 Å². The number of ether oxygens (including phenoxy) is 2. The molecule has 6 rings (SSSR count). The number of aliphatic hydroxyl groups excluding tert-OH is 2. The molecule has 245 valence electrons. The van der Waals surface area contributed by atoms with Gasteiger partial charge < -0.3 is 38.6 Å². The molecule has 45 heavy (non-hydrogen) atoms. The molecule has 0 aliphatic carbocycles. The number of nitrogens with zero attached hydrogens (tertiary/aromatic N) is 5. The molecule has 2 amide bonds. The number of aliphatic hydroxyl groups is 2. The Balaban J connectivity index is 0.000000209. The Morgan fingerprint density at radius 1 is 0.933 bits per heavy atom. The van der Waals surface area contributed by atoms with Crippen LogP contribution < -0.4 is 20.3 Å². The van der Waals surface area contributed by atoms with Crippen LogP contribution in [0.3, 0.4) is 0 Å². The van der Waals surface area contributed by atoms with Crippen LogP contribution in [-0.4, -0.2) is 94.3 Å². The molecule has 0 saturated carbocycles. The molecule has 4 unspecified atom stereocenters. The molecule has 18 heteroatoms. The predicted molar refractivity (Wildman–Crippen MR) is 176 cm³/mol. The van der Waals surface area contributed by atoms with E-state index in [9.17, 15) is 29.4 Å². The number of methoxy groups -OCH3 is 2. The van der Waals surface area contributed by atoms with Crippen molar-refractivity contribution in [2.75, 3.05) is 45.7 Å². The van der Waals surface area contributed by atoms with Gasteiger partial charge in [0.15, 0.2) is 22.9 Å². The number of rotatable bonds is 4. The van der Waals surface area contributed by atoms with E-state index in [0.29, 0.717) is 50.4 Å². The Hall–Kier alpha value is -2.37. The summed E-state index contributed by atoms with van der Waals surface area (Å²) in [6, 6.07) is 1.38. The zero-order chi connectivity index (χ0) is 33.7. The van der Waals surface area contributed by atoms with E-state index in [4.69, 9.17) is 32.7 Å². The van der Waals surface area contributed by atoms with Crippen LogP contribution in [0.4, 0.5) is 0 Å². The van der Waals surface area contributed by atoms with E-state index in [1.165, 1.54) is 20.3 Å². The van der Waals surface area contributed by atoms with Crippen molar-refractivity contribution in [3.63, 3.8) is 0 Å². The van der Waals surface area contributed by atoms with Crippen LogP contribution in [-0.2, 0) is 0 Å². The van der Waals surface area contributed by atoms with Gasteiger partial charge in [-0.3, -0.25) is 19.2 Å². The third-order valence-corrected chi connectivity index (χ3v) is 8.74. The van der Waals surface area contributed by atoms with Crippen molar-refractivity contribution in [3.05, 3.63) is 53.8 Å². The number of carbonyl (C=O) groups excluding carboxylic acids is 2. The fraction of sp³-hybridized carbons (Fsp3) is 0.556. The van der Waals surface area contributed by atoms with E-state index in [1.807, 2.05) is 13.8 Å². The summed E-state index contributed by atoms with van der Waals surface area (Å²) in [4.78, 5) is 52.6. The fourth-order valence-corrected chi connectivity index (χ4v) is 6.83. The maximum atomic E-state index is 12.5. The SMILES string of the molecule is CCN1CC2CC(O)c3c(Br)c(=O)c(OC)c(n32)C1=O.CCN1CC2CC(O)c3cc(=O)c(OC)c(n32)C1=O.ClCCl.[B]=NS. The zero-order valence-electron chi connectivity index (χ0n) is 25.1. The standard InChI is InChI=1S/C13H15BrN2O4.C13H16N2O4.CH2Cl2.BHNS/c1-3-15-5-6-4-7(17)9-8(14)11(18)12(20-2)10(13(15)19)16(6)9;1-3-14-6-7-4-9(16)8-5-10(17)12(19-2)11(13(14)18)15(7)8;2-1-3;1-2-3/h6-7,17H,3-5H2,1-2H3;5,7,9,16H,3-4,6H2,1-2H3;1H2;3H. The maximum absolute atomic E-state index is 12.5. The molecule has 0 fully saturated rings. The van der Waals surface area contributed by atoms with Gasteiger partial charge >= 0.3 is 24.8 Å². The first-order chi connectivity index (χ1) is 21.4. The van der Waals surface area contributed by atoms with Crippen molar-refractivity contribution in [1.29, 1.82) is 0 Å². The normalized spacial score (nSPS) is 21.7. The van der Waals surface area contributed by atoms with Crippen LogP contribution in [0.1, 0.15) is 83.3 Å². The number of thiol groups is 1. The molecule has 2 aromatic heterocycles. The number of aromatic nitrogens is 2. The van der Waals surface area contributed by atoms with Gasteiger partial charge in [-0.25, -0.2) is 0 Å². The molecule has 0 aromatic carbocycles. The second-order valence-electron chi connectivity index (χ2n) is 10.2. The summed E-state index contributed by atoms with van der Waals surface area (Å²) >= 11 is 16.0. The average molecular weight is 750 g/mol. The van der Waals surface area contributed by atoms with Crippen LogP contribution in [0.25, 0.3) is 0 Å². The number of alkyl halides is 2. The molecule has 0 spiro atoms. The number of hydrogen-bond acceptors (Lipinski definition) is 10. The molecular formula is C27H34BBrCl2N5O8S. The van der Waals surface area contributed by atoms with Gasteiger partial charge in [-0.15, -0.1) is 23.2 Å². The molecule has 2 aromatic rings. The van der Waals surface area contributed by atoms with Crippen molar-refractivity contribution in [2.24, 2.45) is 4.30 Å². The van der Waals surface area contributed by atoms with E-state index in [2.05, 4.69) is 40.7 Å². The summed E-state index contributed by atoms with van der Waals surface area (Å²) < 4.78 is 16.8. The molecule has 0 bridgehead atoms. The number of likely N-dealkylation sites (N-methyl/N-ethyl adjacent to an activating group) is 2. The van der Waals surface area contributed by atoms with Crippen LogP contribution in [0.15, 0.2) is 24.4 Å². The van der Waals surface area contributed by atoms with Crippen molar-refractivity contribution in [2.45, 2.75) is 51.0 Å². The van der Waals surface area contributed by atoms with Gasteiger partial charge in [0.25, 0.3) is 11.8 Å². The number of amides is 2. The Morgan fingerprint density at radius 2 is 1.38 bits per heavy atom. The topological polar surface area (TPSA) is 156 Å². The third kappa shape index (κ3) is 6.86. The third-order valence-electron chi connectivity index (χ3n) is 7.97. The van der Waals surface area contributed by atoms with Gasteiger partial charge in [-0.05, 0) is 29.8 Å². The summed E-state index contributed by atoms with van der Waals surface area (Å²) in [5, 5.41) is 20.4. The minimum absolute atomic E-state index is 0.0153. The van der Waals surface area contributed by atoms with Gasteiger partial charge in [0.1, 0.15) is 0 Å². The molecule has 4 atom stereocenters. The molecule has 4 aliphatic heterocycles. The Kier molecular flexibility index (Phi) is 13.2. The van der Waals surface area contributed by atoms with Crippen molar-refractivity contribution in [3.8, 4) is 11.5 Å². The number of carbonyl (C=O) groups is 2. The molecule has 6 heterocycles. The first-order valence-electron chi connectivity index (χ1n) is 13.9. The monoisotopic (exact) mass is 748 g/mol. The van der Waals surface area contributed by atoms with Gasteiger partial charge in [-0.1, -0.05) is 0 Å². The van der Waals surface area contributed by atoms with Crippen molar-refractivity contribution in [1.82, 2.24) is 18.9 Å².